The summed E-state index contributed by atoms with van der Waals surface area (Å²) in [7, 11) is 1.58. The maximum Gasteiger partial charge on any atom is 0.306 e. The number of carbonyl (C=O) groups excluding carboxylic acids is 2. The Morgan fingerprint density at radius 1 is 1.21 bits per heavy atom. The lowest BCUT2D eigenvalue weighted by Gasteiger charge is -2.64. The molecule has 1 saturated heterocycles. The van der Waals surface area contributed by atoms with E-state index in [9.17, 15) is 9.59 Å². The molecule has 4 heteroatoms. The average Bonchev–Trinajstić information content (AvgIpc) is 2.52. The predicted octanol–water partition coefficient (Wildman–Crippen LogP) is 3.64. The van der Waals surface area contributed by atoms with Crippen molar-refractivity contribution in [3.8, 4) is 0 Å². The Balaban J connectivity index is 1.92. The number of fused-ring (bicyclic) bond motifs is 2. The van der Waals surface area contributed by atoms with E-state index in [-0.39, 0.29) is 40.5 Å². The van der Waals surface area contributed by atoms with Gasteiger partial charge in [0.15, 0.2) is 5.76 Å². The van der Waals surface area contributed by atoms with E-state index in [1.54, 1.807) is 7.11 Å². The maximum absolute atomic E-state index is 13.5. The molecule has 0 aromatic heterocycles. The second-order valence-corrected chi connectivity index (χ2v) is 8.80. The van der Waals surface area contributed by atoms with Gasteiger partial charge in [0.05, 0.1) is 13.5 Å². The molecule has 0 unspecified atom stereocenters. The van der Waals surface area contributed by atoms with Gasteiger partial charge < -0.3 is 9.47 Å². The van der Waals surface area contributed by atoms with Crippen LogP contribution in [-0.2, 0) is 19.1 Å². The second-order valence-electron chi connectivity index (χ2n) is 8.80. The lowest BCUT2D eigenvalue weighted by molar-refractivity contribution is -0.218. The van der Waals surface area contributed by atoms with Crippen LogP contribution in [0.25, 0.3) is 0 Å². The number of ether oxygens (including phenoxy) is 2. The number of methoxy groups -OCH3 is 1. The highest BCUT2D eigenvalue weighted by Crippen LogP contribution is 2.67. The molecule has 4 rings (SSSR count). The summed E-state index contributed by atoms with van der Waals surface area (Å²) in [6.45, 7) is 6.47. The van der Waals surface area contributed by atoms with E-state index in [4.69, 9.17) is 9.47 Å². The number of rotatable bonds is 1. The third kappa shape index (κ3) is 1.80. The number of hydrogen-bond acceptors (Lipinski definition) is 4. The third-order valence-electron chi connectivity index (χ3n) is 7.89. The Labute approximate surface area is 144 Å². The fourth-order valence-corrected chi connectivity index (χ4v) is 6.75. The van der Waals surface area contributed by atoms with Crippen molar-refractivity contribution < 1.29 is 19.1 Å². The normalized spacial score (nSPS) is 47.7. The summed E-state index contributed by atoms with van der Waals surface area (Å²) >= 11 is 0. The van der Waals surface area contributed by atoms with Gasteiger partial charge >= 0.3 is 5.97 Å². The fourth-order valence-electron chi connectivity index (χ4n) is 6.75. The van der Waals surface area contributed by atoms with Crippen LogP contribution >= 0.6 is 0 Å². The number of Topliss-reactive ketones (excluding diaryl/α,β-unsaturated/α-hetero) is 1. The second kappa shape index (κ2) is 5.09. The van der Waals surface area contributed by atoms with Crippen molar-refractivity contribution in [3.05, 3.63) is 11.3 Å². The summed E-state index contributed by atoms with van der Waals surface area (Å²) in [6.07, 6.45) is 5.78. The van der Waals surface area contributed by atoms with Crippen LogP contribution in [0.3, 0.4) is 0 Å². The predicted molar refractivity (Wildman–Crippen MR) is 89.0 cm³/mol. The van der Waals surface area contributed by atoms with Gasteiger partial charge in [-0.1, -0.05) is 26.7 Å². The molecule has 0 spiro atoms. The molecule has 0 radical (unpaired) electrons. The molecule has 0 N–H and O–H groups in total. The fraction of sp³-hybridized carbons (Fsp3) is 0.800. The first-order chi connectivity index (χ1) is 11.3. The summed E-state index contributed by atoms with van der Waals surface area (Å²) < 4.78 is 11.4. The molecule has 6 atom stereocenters. The Morgan fingerprint density at radius 3 is 2.67 bits per heavy atom. The van der Waals surface area contributed by atoms with Gasteiger partial charge in [-0.3, -0.25) is 9.59 Å². The SMILES string of the molecule is COC1=C(C)[C@@H]2CC(=O)O[C@@H]3C[C@H]4CCCC[C@]4(C)[C@@H](C1=O)[C@@]32C. The smallest absolute Gasteiger partial charge is 0.306 e. The topological polar surface area (TPSA) is 52.6 Å². The molecule has 4 nitrogen and oxygen atoms in total. The minimum atomic E-state index is -0.292. The van der Waals surface area contributed by atoms with Gasteiger partial charge in [0.25, 0.3) is 0 Å². The Hall–Kier alpha value is -1.32. The monoisotopic (exact) mass is 332 g/mol. The highest BCUT2D eigenvalue weighted by molar-refractivity contribution is 5.99. The van der Waals surface area contributed by atoms with Gasteiger partial charge in [-0.2, -0.15) is 0 Å². The summed E-state index contributed by atoms with van der Waals surface area (Å²) in [6, 6.07) is 0. The van der Waals surface area contributed by atoms with Crippen LogP contribution < -0.4 is 0 Å². The number of carbonyl (C=O) groups is 2. The van der Waals surface area contributed by atoms with E-state index >= 15 is 0 Å². The standard InChI is InChI=1S/C20H28O4/c1-11-13-10-15(21)24-14-9-12-7-5-6-8-19(12,2)18(20(13,14)3)16(22)17(11)23-4/h12-14,18H,5-10H2,1-4H3/t12-,13+,14-,18-,19+,20-/m1/s1. The summed E-state index contributed by atoms with van der Waals surface area (Å²) in [5, 5.41) is 0. The van der Waals surface area contributed by atoms with Gasteiger partial charge in [0.2, 0.25) is 5.78 Å². The van der Waals surface area contributed by atoms with Crippen LogP contribution in [0.1, 0.15) is 59.3 Å². The molecule has 3 fully saturated rings. The van der Waals surface area contributed by atoms with E-state index in [1.807, 2.05) is 6.92 Å². The third-order valence-corrected chi connectivity index (χ3v) is 7.89. The molecule has 132 valence electrons. The molecule has 0 bridgehead atoms. The van der Waals surface area contributed by atoms with Gasteiger partial charge in [0.1, 0.15) is 6.10 Å². The Bertz CT molecular complexity index is 636. The molecule has 0 aromatic carbocycles. The van der Waals surface area contributed by atoms with Crippen LogP contribution in [0.15, 0.2) is 11.3 Å². The number of esters is 1. The zero-order chi connectivity index (χ0) is 17.3. The number of ketones is 1. The van der Waals surface area contributed by atoms with Gasteiger partial charge in [-0.25, -0.2) is 0 Å². The van der Waals surface area contributed by atoms with Crippen molar-refractivity contribution in [2.24, 2.45) is 28.6 Å². The minimum Gasteiger partial charge on any atom is -0.493 e. The van der Waals surface area contributed by atoms with Crippen molar-refractivity contribution >= 4 is 11.8 Å². The van der Waals surface area contributed by atoms with Crippen LogP contribution in [0, 0.1) is 28.6 Å². The van der Waals surface area contributed by atoms with Crippen LogP contribution in [0.4, 0.5) is 0 Å². The van der Waals surface area contributed by atoms with E-state index in [0.717, 1.165) is 24.8 Å². The largest absolute Gasteiger partial charge is 0.493 e. The molecule has 1 aliphatic heterocycles. The Kier molecular flexibility index (Phi) is 3.43. The van der Waals surface area contributed by atoms with Crippen LogP contribution in [-0.4, -0.2) is 25.0 Å². The van der Waals surface area contributed by atoms with Crippen LogP contribution in [0.2, 0.25) is 0 Å². The number of hydrogen-bond donors (Lipinski definition) is 0. The summed E-state index contributed by atoms with van der Waals surface area (Å²) in [5.74, 6) is 0.937. The van der Waals surface area contributed by atoms with Crippen molar-refractivity contribution in [2.45, 2.75) is 65.4 Å². The quantitative estimate of drug-likeness (QED) is 0.688. The summed E-state index contributed by atoms with van der Waals surface area (Å²) in [4.78, 5) is 25.7. The molecule has 1 heterocycles. The van der Waals surface area contributed by atoms with Gasteiger partial charge in [-0.15, -0.1) is 0 Å². The van der Waals surface area contributed by atoms with E-state index in [0.29, 0.717) is 18.1 Å². The van der Waals surface area contributed by atoms with E-state index in [1.165, 1.54) is 12.8 Å². The Morgan fingerprint density at radius 2 is 1.96 bits per heavy atom. The van der Waals surface area contributed by atoms with Crippen molar-refractivity contribution in [3.63, 3.8) is 0 Å². The zero-order valence-electron chi connectivity index (χ0n) is 15.2. The molecule has 0 aromatic rings. The minimum absolute atomic E-state index is 0.00688. The highest BCUT2D eigenvalue weighted by Gasteiger charge is 2.68. The van der Waals surface area contributed by atoms with Crippen molar-refractivity contribution in [2.75, 3.05) is 7.11 Å². The number of allylic oxidation sites excluding steroid dienone is 2. The molecular formula is C20H28O4. The van der Waals surface area contributed by atoms with E-state index in [2.05, 4.69) is 13.8 Å². The molecular weight excluding hydrogens is 304 g/mol. The van der Waals surface area contributed by atoms with Gasteiger partial charge in [0, 0.05) is 17.3 Å². The molecule has 2 saturated carbocycles. The molecule has 3 aliphatic carbocycles. The highest BCUT2D eigenvalue weighted by atomic mass is 16.5. The van der Waals surface area contributed by atoms with Crippen molar-refractivity contribution in [1.29, 1.82) is 0 Å². The van der Waals surface area contributed by atoms with Gasteiger partial charge in [-0.05, 0) is 43.1 Å². The average molecular weight is 332 g/mol. The first-order valence-corrected chi connectivity index (χ1v) is 9.32. The summed E-state index contributed by atoms with van der Waals surface area (Å²) in [5.41, 5.74) is 0.646. The maximum atomic E-state index is 13.5. The molecule has 24 heavy (non-hydrogen) atoms. The molecule has 4 aliphatic rings. The zero-order valence-corrected chi connectivity index (χ0v) is 15.2. The first kappa shape index (κ1) is 16.2. The molecule has 0 amide bonds. The first-order valence-electron chi connectivity index (χ1n) is 9.32. The van der Waals surface area contributed by atoms with Crippen LogP contribution in [0.5, 0.6) is 0 Å². The lowest BCUT2D eigenvalue weighted by atomic mass is 9.41. The van der Waals surface area contributed by atoms with E-state index < -0.39 is 0 Å². The lowest BCUT2D eigenvalue weighted by Crippen LogP contribution is -2.66. The van der Waals surface area contributed by atoms with Crippen molar-refractivity contribution in [1.82, 2.24) is 0 Å².